The molecule has 1 heterocycles. The predicted octanol–water partition coefficient (Wildman–Crippen LogP) is 5.06. The number of nitrogens with one attached hydrogen (secondary N) is 2. The summed E-state index contributed by atoms with van der Waals surface area (Å²) in [5.74, 6) is 0.405. The van der Waals surface area contributed by atoms with E-state index in [0.717, 1.165) is 11.1 Å². The first kappa shape index (κ1) is 23.4. The molecule has 0 aliphatic carbocycles. The van der Waals surface area contributed by atoms with Crippen LogP contribution < -0.4 is 15.5 Å². The third kappa shape index (κ3) is 5.44. The first-order chi connectivity index (χ1) is 17.0. The van der Waals surface area contributed by atoms with Crippen molar-refractivity contribution in [3.05, 3.63) is 101 Å². The van der Waals surface area contributed by atoms with Crippen molar-refractivity contribution in [3.63, 3.8) is 0 Å². The number of aromatic nitrogens is 1. The van der Waals surface area contributed by atoms with Gasteiger partial charge in [0.2, 0.25) is 0 Å². The molecule has 4 aromatic rings. The Bertz CT molecular complexity index is 1380. The molecule has 35 heavy (non-hydrogen) atoms. The van der Waals surface area contributed by atoms with Crippen molar-refractivity contribution in [1.82, 2.24) is 10.6 Å². The second kappa shape index (κ2) is 10.5. The van der Waals surface area contributed by atoms with Gasteiger partial charge in [-0.05, 0) is 55.8 Å². The van der Waals surface area contributed by atoms with Crippen molar-refractivity contribution >= 4 is 23.2 Å². The van der Waals surface area contributed by atoms with Gasteiger partial charge in [0, 0.05) is 16.8 Å². The molecule has 1 aromatic heterocycles. The SMILES string of the molecule is COc1ccc(C(=O)Nc2cccc(/C(C)=N\NC(=O)c3c(-c4ccccc4)noc3C)c2)cc1. The van der Waals surface area contributed by atoms with Gasteiger partial charge in [-0.3, -0.25) is 9.59 Å². The van der Waals surface area contributed by atoms with E-state index < -0.39 is 5.91 Å². The van der Waals surface area contributed by atoms with Gasteiger partial charge in [-0.2, -0.15) is 5.10 Å². The number of rotatable bonds is 7. The zero-order valence-corrected chi connectivity index (χ0v) is 19.5. The fourth-order valence-electron chi connectivity index (χ4n) is 3.46. The Kier molecular flexibility index (Phi) is 7.02. The highest BCUT2D eigenvalue weighted by Gasteiger charge is 2.21. The largest absolute Gasteiger partial charge is 0.497 e. The number of benzene rings is 3. The number of methoxy groups -OCH3 is 1. The average molecular weight is 469 g/mol. The van der Waals surface area contributed by atoms with E-state index in [0.29, 0.717) is 39.7 Å². The summed E-state index contributed by atoms with van der Waals surface area (Å²) < 4.78 is 10.4. The third-order valence-corrected chi connectivity index (χ3v) is 5.35. The molecule has 0 bridgehead atoms. The van der Waals surface area contributed by atoms with Crippen LogP contribution in [0.3, 0.4) is 0 Å². The van der Waals surface area contributed by atoms with E-state index in [4.69, 9.17) is 9.26 Å². The van der Waals surface area contributed by atoms with E-state index in [1.165, 1.54) is 0 Å². The molecule has 8 nitrogen and oxygen atoms in total. The van der Waals surface area contributed by atoms with Crippen LogP contribution in [0.15, 0.2) is 88.5 Å². The van der Waals surface area contributed by atoms with Crippen LogP contribution >= 0.6 is 0 Å². The topological polar surface area (TPSA) is 106 Å². The van der Waals surface area contributed by atoms with Gasteiger partial charge in [-0.1, -0.05) is 47.6 Å². The highest BCUT2D eigenvalue weighted by atomic mass is 16.5. The summed E-state index contributed by atoms with van der Waals surface area (Å²) in [6.45, 7) is 3.45. The lowest BCUT2D eigenvalue weighted by Gasteiger charge is -2.08. The Labute approximate surface area is 202 Å². The van der Waals surface area contributed by atoms with E-state index in [1.807, 2.05) is 36.4 Å². The van der Waals surface area contributed by atoms with Gasteiger partial charge in [0.05, 0.1) is 12.8 Å². The summed E-state index contributed by atoms with van der Waals surface area (Å²) in [7, 11) is 1.57. The van der Waals surface area contributed by atoms with Gasteiger partial charge in [0.25, 0.3) is 11.8 Å². The number of anilines is 1. The molecule has 0 aliphatic rings. The number of aryl methyl sites for hydroxylation is 1. The van der Waals surface area contributed by atoms with Crippen molar-refractivity contribution in [2.45, 2.75) is 13.8 Å². The van der Waals surface area contributed by atoms with Gasteiger partial charge in [-0.25, -0.2) is 5.43 Å². The Morgan fingerprint density at radius 2 is 1.66 bits per heavy atom. The molecule has 0 spiro atoms. The van der Waals surface area contributed by atoms with Crippen LogP contribution in [0.1, 0.15) is 39.0 Å². The van der Waals surface area contributed by atoms with Crippen LogP contribution in [-0.4, -0.2) is 29.8 Å². The Morgan fingerprint density at radius 3 is 2.37 bits per heavy atom. The van der Waals surface area contributed by atoms with Crippen molar-refractivity contribution in [3.8, 4) is 17.0 Å². The normalized spacial score (nSPS) is 11.1. The fourth-order valence-corrected chi connectivity index (χ4v) is 3.46. The second-order valence-electron chi connectivity index (χ2n) is 7.73. The standard InChI is InChI=1S/C27H24N4O4/c1-17(29-30-27(33)24-18(2)35-31-25(24)19-8-5-4-6-9-19)21-10-7-11-22(16-21)28-26(32)20-12-14-23(34-3)15-13-20/h4-16H,1-3H3,(H,28,32)(H,30,33)/b29-17-. The zero-order valence-electron chi connectivity index (χ0n) is 19.5. The number of amides is 2. The molecule has 4 rings (SSSR count). The highest BCUT2D eigenvalue weighted by Crippen LogP contribution is 2.25. The molecule has 0 radical (unpaired) electrons. The number of ether oxygens (including phenoxy) is 1. The minimum atomic E-state index is -0.425. The molecule has 0 saturated carbocycles. The molecule has 0 saturated heterocycles. The van der Waals surface area contributed by atoms with Gasteiger partial charge in [0.15, 0.2) is 0 Å². The maximum absolute atomic E-state index is 12.9. The number of hydrazone groups is 1. The van der Waals surface area contributed by atoms with Gasteiger partial charge < -0.3 is 14.6 Å². The molecule has 0 atom stereocenters. The van der Waals surface area contributed by atoms with Crippen LogP contribution in [0.2, 0.25) is 0 Å². The Morgan fingerprint density at radius 1 is 0.914 bits per heavy atom. The first-order valence-electron chi connectivity index (χ1n) is 10.9. The van der Waals surface area contributed by atoms with Crippen LogP contribution in [0.5, 0.6) is 5.75 Å². The summed E-state index contributed by atoms with van der Waals surface area (Å²) in [6.07, 6.45) is 0. The number of carbonyl (C=O) groups is 2. The van der Waals surface area contributed by atoms with Gasteiger partial charge in [0.1, 0.15) is 22.8 Å². The highest BCUT2D eigenvalue weighted by molar-refractivity contribution is 6.06. The average Bonchev–Trinajstić information content (AvgIpc) is 3.29. The number of carbonyl (C=O) groups excluding carboxylic acids is 2. The number of hydrogen-bond donors (Lipinski definition) is 2. The van der Waals surface area contributed by atoms with Crippen LogP contribution in [-0.2, 0) is 0 Å². The molecule has 2 amide bonds. The van der Waals surface area contributed by atoms with E-state index in [1.54, 1.807) is 63.4 Å². The molecule has 0 aliphatic heterocycles. The number of hydrogen-bond acceptors (Lipinski definition) is 6. The van der Waals surface area contributed by atoms with E-state index >= 15 is 0 Å². The van der Waals surface area contributed by atoms with Gasteiger partial charge in [-0.15, -0.1) is 0 Å². The summed E-state index contributed by atoms with van der Waals surface area (Å²) in [5.41, 5.74) is 6.55. The molecule has 8 heteroatoms. The Balaban J connectivity index is 1.47. The van der Waals surface area contributed by atoms with E-state index in [9.17, 15) is 9.59 Å². The lowest BCUT2D eigenvalue weighted by molar-refractivity contribution is 0.0953. The monoisotopic (exact) mass is 468 g/mol. The van der Waals surface area contributed by atoms with Crippen LogP contribution in [0.4, 0.5) is 5.69 Å². The lowest BCUT2D eigenvalue weighted by atomic mass is 10.1. The smallest absolute Gasteiger partial charge is 0.277 e. The summed E-state index contributed by atoms with van der Waals surface area (Å²) in [6, 6.07) is 23.4. The molecule has 2 N–H and O–H groups in total. The van der Waals surface area contributed by atoms with Crippen LogP contribution in [0.25, 0.3) is 11.3 Å². The summed E-state index contributed by atoms with van der Waals surface area (Å²) in [5, 5.41) is 11.1. The van der Waals surface area contributed by atoms with E-state index in [-0.39, 0.29) is 5.91 Å². The molecule has 3 aromatic carbocycles. The van der Waals surface area contributed by atoms with Crippen molar-refractivity contribution in [1.29, 1.82) is 0 Å². The fraction of sp³-hybridized carbons (Fsp3) is 0.111. The molecule has 0 fully saturated rings. The molecule has 0 unspecified atom stereocenters. The number of nitrogens with zero attached hydrogens (tertiary/aromatic N) is 2. The maximum atomic E-state index is 12.9. The zero-order chi connectivity index (χ0) is 24.8. The summed E-state index contributed by atoms with van der Waals surface area (Å²) >= 11 is 0. The lowest BCUT2D eigenvalue weighted by Crippen LogP contribution is -2.20. The van der Waals surface area contributed by atoms with Gasteiger partial charge >= 0.3 is 0 Å². The third-order valence-electron chi connectivity index (χ3n) is 5.35. The Hall–Kier alpha value is -4.72. The minimum Gasteiger partial charge on any atom is -0.497 e. The van der Waals surface area contributed by atoms with Crippen molar-refractivity contribution < 1.29 is 18.8 Å². The molecular formula is C27H24N4O4. The van der Waals surface area contributed by atoms with Crippen molar-refractivity contribution in [2.75, 3.05) is 12.4 Å². The minimum absolute atomic E-state index is 0.246. The molecule has 176 valence electrons. The first-order valence-corrected chi connectivity index (χ1v) is 10.9. The summed E-state index contributed by atoms with van der Waals surface area (Å²) in [4.78, 5) is 25.5. The molecular weight excluding hydrogens is 444 g/mol. The second-order valence-corrected chi connectivity index (χ2v) is 7.73. The maximum Gasteiger partial charge on any atom is 0.277 e. The van der Waals surface area contributed by atoms with Crippen LogP contribution in [0, 0.1) is 6.92 Å². The van der Waals surface area contributed by atoms with E-state index in [2.05, 4.69) is 21.0 Å². The van der Waals surface area contributed by atoms with Crippen molar-refractivity contribution in [2.24, 2.45) is 5.10 Å². The quantitative estimate of drug-likeness (QED) is 0.291. The predicted molar refractivity (Wildman–Crippen MR) is 134 cm³/mol.